The lowest BCUT2D eigenvalue weighted by Crippen LogP contribution is -1.78. The summed E-state index contributed by atoms with van der Waals surface area (Å²) >= 11 is 0. The van der Waals surface area contributed by atoms with Crippen LogP contribution < -0.4 is 0 Å². The molecule has 3 rings (SSSR count). The highest BCUT2D eigenvalue weighted by Crippen LogP contribution is 2.27. The number of hydrogen-bond acceptors (Lipinski definition) is 3. The van der Waals surface area contributed by atoms with Crippen molar-refractivity contribution in [2.75, 3.05) is 0 Å². The van der Waals surface area contributed by atoms with E-state index in [0.717, 1.165) is 27.8 Å². The molecular formula is C11H8N2O. The molecule has 0 atom stereocenters. The minimum atomic E-state index is 0.818. The van der Waals surface area contributed by atoms with Gasteiger partial charge in [0.2, 0.25) is 0 Å². The number of rotatable bonds is 0. The lowest BCUT2D eigenvalue weighted by atomic mass is 10.2. The molecule has 68 valence electrons. The Morgan fingerprint density at radius 2 is 2.07 bits per heavy atom. The summed E-state index contributed by atoms with van der Waals surface area (Å²) in [7, 11) is 0. The Balaban J connectivity index is 2.63. The minimum absolute atomic E-state index is 0.818. The van der Waals surface area contributed by atoms with E-state index in [1.165, 1.54) is 0 Å². The molecule has 0 bridgehead atoms. The van der Waals surface area contributed by atoms with Gasteiger partial charge in [-0.25, -0.2) is 0 Å². The van der Waals surface area contributed by atoms with Crippen LogP contribution in [0.3, 0.4) is 0 Å². The number of aromatic nitrogens is 2. The maximum atomic E-state index is 5.66. The average molecular weight is 184 g/mol. The molecule has 0 unspecified atom stereocenters. The van der Waals surface area contributed by atoms with E-state index in [1.807, 2.05) is 25.1 Å². The molecule has 0 saturated carbocycles. The Morgan fingerprint density at radius 1 is 1.14 bits per heavy atom. The van der Waals surface area contributed by atoms with Gasteiger partial charge in [0.15, 0.2) is 11.2 Å². The zero-order valence-corrected chi connectivity index (χ0v) is 7.69. The van der Waals surface area contributed by atoms with Gasteiger partial charge in [-0.15, -0.1) is 0 Å². The zero-order valence-electron chi connectivity index (χ0n) is 7.69. The van der Waals surface area contributed by atoms with Crippen LogP contribution in [0.25, 0.3) is 22.1 Å². The van der Waals surface area contributed by atoms with Crippen LogP contribution in [0.15, 0.2) is 35.0 Å². The quantitative estimate of drug-likeness (QED) is 0.539. The molecular weight excluding hydrogens is 176 g/mol. The van der Waals surface area contributed by atoms with Crippen molar-refractivity contribution in [3.63, 3.8) is 0 Å². The molecule has 0 aliphatic carbocycles. The van der Waals surface area contributed by atoms with Crippen LogP contribution in [0.1, 0.15) is 5.69 Å². The highest BCUT2D eigenvalue weighted by molar-refractivity contribution is 6.02. The Morgan fingerprint density at radius 3 is 3.00 bits per heavy atom. The molecule has 0 aliphatic heterocycles. The summed E-state index contributed by atoms with van der Waals surface area (Å²) in [5, 5.41) is 1.04. The summed E-state index contributed by atoms with van der Waals surface area (Å²) in [6.45, 7) is 1.94. The maximum absolute atomic E-state index is 5.66. The zero-order chi connectivity index (χ0) is 9.54. The van der Waals surface area contributed by atoms with Gasteiger partial charge in [0.1, 0.15) is 5.52 Å². The third-order valence-electron chi connectivity index (χ3n) is 2.32. The van der Waals surface area contributed by atoms with Crippen LogP contribution in [-0.2, 0) is 0 Å². The normalized spacial score (nSPS) is 11.2. The molecule has 0 N–H and O–H groups in total. The highest BCUT2D eigenvalue weighted by atomic mass is 16.3. The lowest BCUT2D eigenvalue weighted by Gasteiger charge is -1.90. The molecule has 3 aromatic heterocycles. The predicted molar refractivity (Wildman–Crippen MR) is 54.0 cm³/mol. The van der Waals surface area contributed by atoms with Gasteiger partial charge < -0.3 is 4.42 Å². The first-order chi connectivity index (χ1) is 6.86. The third-order valence-corrected chi connectivity index (χ3v) is 2.32. The molecule has 0 aromatic carbocycles. The Kier molecular flexibility index (Phi) is 1.36. The van der Waals surface area contributed by atoms with E-state index in [-0.39, 0.29) is 0 Å². The summed E-state index contributed by atoms with van der Waals surface area (Å²) < 4.78 is 5.66. The largest absolute Gasteiger partial charge is 0.452 e. The number of nitrogens with zero attached hydrogens (tertiary/aromatic N) is 2. The van der Waals surface area contributed by atoms with Crippen LogP contribution in [0, 0.1) is 6.92 Å². The summed E-state index contributed by atoms with van der Waals surface area (Å²) in [5.74, 6) is 0. The second-order valence-electron chi connectivity index (χ2n) is 3.23. The van der Waals surface area contributed by atoms with Crippen molar-refractivity contribution in [2.24, 2.45) is 0 Å². The van der Waals surface area contributed by atoms with E-state index in [0.29, 0.717) is 0 Å². The number of aryl methyl sites for hydroxylation is 1. The first-order valence-corrected chi connectivity index (χ1v) is 4.45. The standard InChI is InChI=1S/C11H8N2O/c1-7-11-8(4-6-12-7)10-9(14-11)3-2-5-13-10/h2-6H,1H3. The molecule has 3 nitrogen and oxygen atoms in total. The Hall–Kier alpha value is -1.90. The van der Waals surface area contributed by atoms with E-state index in [9.17, 15) is 0 Å². The van der Waals surface area contributed by atoms with E-state index in [1.54, 1.807) is 12.4 Å². The van der Waals surface area contributed by atoms with Crippen molar-refractivity contribution < 1.29 is 4.42 Å². The van der Waals surface area contributed by atoms with Crippen molar-refractivity contribution in [1.29, 1.82) is 0 Å². The Bertz CT molecular complexity index is 613. The molecule has 0 spiro atoms. The van der Waals surface area contributed by atoms with Gasteiger partial charge >= 0.3 is 0 Å². The van der Waals surface area contributed by atoms with Crippen LogP contribution in [0.5, 0.6) is 0 Å². The van der Waals surface area contributed by atoms with Crippen molar-refractivity contribution >= 4 is 22.1 Å². The second kappa shape index (κ2) is 2.54. The fourth-order valence-electron chi connectivity index (χ4n) is 1.65. The fourth-order valence-corrected chi connectivity index (χ4v) is 1.65. The van der Waals surface area contributed by atoms with Crippen molar-refractivity contribution in [3.05, 3.63) is 36.3 Å². The Labute approximate surface area is 80.4 Å². The number of fused-ring (bicyclic) bond motifs is 3. The molecule has 3 heterocycles. The first kappa shape index (κ1) is 7.50. The topological polar surface area (TPSA) is 38.9 Å². The van der Waals surface area contributed by atoms with Gasteiger partial charge in [0.25, 0.3) is 0 Å². The third kappa shape index (κ3) is 0.865. The molecule has 0 radical (unpaired) electrons. The van der Waals surface area contributed by atoms with E-state index in [4.69, 9.17) is 4.42 Å². The van der Waals surface area contributed by atoms with Crippen LogP contribution in [0.4, 0.5) is 0 Å². The van der Waals surface area contributed by atoms with Crippen molar-refractivity contribution in [3.8, 4) is 0 Å². The van der Waals surface area contributed by atoms with Gasteiger partial charge in [-0.3, -0.25) is 9.97 Å². The number of pyridine rings is 2. The van der Waals surface area contributed by atoms with Crippen LogP contribution >= 0.6 is 0 Å². The summed E-state index contributed by atoms with van der Waals surface area (Å²) in [4.78, 5) is 8.47. The van der Waals surface area contributed by atoms with E-state index in [2.05, 4.69) is 9.97 Å². The molecule has 3 heteroatoms. The summed E-state index contributed by atoms with van der Waals surface area (Å²) in [6.07, 6.45) is 3.55. The first-order valence-electron chi connectivity index (χ1n) is 4.45. The smallest absolute Gasteiger partial charge is 0.158 e. The summed E-state index contributed by atoms with van der Waals surface area (Å²) in [6, 6.07) is 5.72. The van der Waals surface area contributed by atoms with E-state index < -0.39 is 0 Å². The lowest BCUT2D eigenvalue weighted by molar-refractivity contribution is 0.662. The number of hydrogen-bond donors (Lipinski definition) is 0. The molecule has 0 saturated heterocycles. The summed E-state index contributed by atoms with van der Waals surface area (Å²) in [5.41, 5.74) is 3.47. The number of furan rings is 1. The average Bonchev–Trinajstić information content (AvgIpc) is 2.59. The second-order valence-corrected chi connectivity index (χ2v) is 3.23. The van der Waals surface area contributed by atoms with Crippen molar-refractivity contribution in [2.45, 2.75) is 6.92 Å². The van der Waals surface area contributed by atoms with Gasteiger partial charge in [-0.1, -0.05) is 0 Å². The van der Waals surface area contributed by atoms with Gasteiger partial charge in [-0.2, -0.15) is 0 Å². The minimum Gasteiger partial charge on any atom is -0.452 e. The van der Waals surface area contributed by atoms with Gasteiger partial charge in [0.05, 0.1) is 11.1 Å². The van der Waals surface area contributed by atoms with Gasteiger partial charge in [0, 0.05) is 12.4 Å². The highest BCUT2D eigenvalue weighted by Gasteiger charge is 2.08. The SMILES string of the molecule is Cc1nccc2c1oc1cccnc12. The molecule has 14 heavy (non-hydrogen) atoms. The van der Waals surface area contributed by atoms with Crippen LogP contribution in [-0.4, -0.2) is 9.97 Å². The molecule has 0 amide bonds. The molecule has 0 fully saturated rings. The monoisotopic (exact) mass is 184 g/mol. The van der Waals surface area contributed by atoms with Gasteiger partial charge in [-0.05, 0) is 25.1 Å². The predicted octanol–water partition coefficient (Wildman–Crippen LogP) is 2.68. The van der Waals surface area contributed by atoms with Crippen molar-refractivity contribution in [1.82, 2.24) is 9.97 Å². The molecule has 0 aliphatic rings. The fraction of sp³-hybridized carbons (Fsp3) is 0.0909. The van der Waals surface area contributed by atoms with E-state index >= 15 is 0 Å². The maximum Gasteiger partial charge on any atom is 0.158 e. The molecule has 3 aromatic rings. The van der Waals surface area contributed by atoms with Crippen LogP contribution in [0.2, 0.25) is 0 Å².